The number of amides is 2. The number of rotatable bonds is 5. The Bertz CT molecular complexity index is 990. The van der Waals surface area contributed by atoms with E-state index in [4.69, 9.17) is 9.47 Å². The number of piperazine rings is 1. The fraction of sp³-hybridized carbons (Fsp3) is 0.333. The number of aryl methyl sites for hydroxylation is 2. The molecule has 31 heavy (non-hydrogen) atoms. The molecule has 2 N–H and O–H groups in total. The van der Waals surface area contributed by atoms with E-state index in [1.54, 1.807) is 12.2 Å². The Labute approximate surface area is 182 Å². The van der Waals surface area contributed by atoms with Crippen LogP contribution in [0.15, 0.2) is 42.5 Å². The van der Waals surface area contributed by atoms with Gasteiger partial charge in [-0.2, -0.15) is 0 Å². The van der Waals surface area contributed by atoms with Gasteiger partial charge in [0.05, 0.1) is 26.2 Å². The molecule has 0 atom stereocenters. The molecular formula is C24H28N3O4+. The van der Waals surface area contributed by atoms with Crippen molar-refractivity contribution in [2.24, 2.45) is 0 Å². The lowest BCUT2D eigenvalue weighted by Gasteiger charge is -2.31. The molecule has 162 valence electrons. The molecule has 2 aliphatic rings. The van der Waals surface area contributed by atoms with Crippen molar-refractivity contribution < 1.29 is 24.0 Å². The Hall–Kier alpha value is -3.32. The van der Waals surface area contributed by atoms with Gasteiger partial charge in [-0.25, -0.2) is 0 Å². The fourth-order valence-corrected chi connectivity index (χ4v) is 3.93. The smallest absolute Gasteiger partial charge is 0.279 e. The lowest BCUT2D eigenvalue weighted by molar-refractivity contribution is -0.895. The first-order valence-electron chi connectivity index (χ1n) is 10.6. The minimum absolute atomic E-state index is 0.00915. The number of fused-ring (bicyclic) bond motifs is 1. The average molecular weight is 423 g/mol. The molecule has 4 rings (SSSR count). The lowest BCUT2D eigenvalue weighted by Crippen LogP contribution is -3.15. The molecule has 0 unspecified atom stereocenters. The number of hydrogen-bond donors (Lipinski definition) is 2. The number of anilines is 1. The summed E-state index contributed by atoms with van der Waals surface area (Å²) >= 11 is 0. The van der Waals surface area contributed by atoms with E-state index >= 15 is 0 Å². The van der Waals surface area contributed by atoms with E-state index in [1.165, 1.54) is 4.90 Å². The number of ether oxygens (including phenoxy) is 2. The van der Waals surface area contributed by atoms with Crippen LogP contribution in [0, 0.1) is 13.8 Å². The quantitative estimate of drug-likeness (QED) is 0.715. The highest BCUT2D eigenvalue weighted by Gasteiger charge is 2.24. The van der Waals surface area contributed by atoms with Crippen molar-refractivity contribution in [3.05, 3.63) is 59.2 Å². The van der Waals surface area contributed by atoms with E-state index in [0.29, 0.717) is 25.4 Å². The topological polar surface area (TPSA) is 72.3 Å². The molecule has 2 aliphatic heterocycles. The Morgan fingerprint density at radius 2 is 1.77 bits per heavy atom. The second kappa shape index (κ2) is 9.22. The summed E-state index contributed by atoms with van der Waals surface area (Å²) in [5, 5.41) is 3.05. The fourth-order valence-electron chi connectivity index (χ4n) is 3.93. The van der Waals surface area contributed by atoms with E-state index in [0.717, 1.165) is 41.2 Å². The van der Waals surface area contributed by atoms with Gasteiger partial charge in [0.2, 0.25) is 12.7 Å². The molecule has 2 aromatic carbocycles. The van der Waals surface area contributed by atoms with E-state index in [9.17, 15) is 9.59 Å². The van der Waals surface area contributed by atoms with Crippen molar-refractivity contribution in [1.82, 2.24) is 4.90 Å². The van der Waals surface area contributed by atoms with Crippen LogP contribution in [0.4, 0.5) is 5.69 Å². The predicted molar refractivity (Wildman–Crippen MR) is 118 cm³/mol. The molecule has 0 spiro atoms. The summed E-state index contributed by atoms with van der Waals surface area (Å²) in [6.07, 6.45) is 3.39. The molecule has 0 aromatic heterocycles. The molecule has 2 aromatic rings. The molecule has 2 heterocycles. The minimum atomic E-state index is -0.0169. The molecule has 7 heteroatoms. The minimum Gasteiger partial charge on any atom is -0.454 e. The molecule has 0 aliphatic carbocycles. The molecule has 2 amide bonds. The van der Waals surface area contributed by atoms with Gasteiger partial charge in [-0.3, -0.25) is 9.59 Å². The van der Waals surface area contributed by atoms with E-state index < -0.39 is 0 Å². The van der Waals surface area contributed by atoms with Crippen LogP contribution in [-0.2, 0) is 9.59 Å². The van der Waals surface area contributed by atoms with Crippen molar-refractivity contribution >= 4 is 23.6 Å². The summed E-state index contributed by atoms with van der Waals surface area (Å²) in [5.41, 5.74) is 3.92. The van der Waals surface area contributed by atoms with Crippen molar-refractivity contribution in [2.45, 2.75) is 13.8 Å². The molecule has 0 bridgehead atoms. The zero-order valence-corrected chi connectivity index (χ0v) is 17.9. The van der Waals surface area contributed by atoms with Crippen LogP contribution in [0.25, 0.3) is 6.08 Å². The van der Waals surface area contributed by atoms with E-state index in [1.807, 2.05) is 55.1 Å². The molecule has 0 saturated carbocycles. The Balaban J connectivity index is 1.25. The third kappa shape index (κ3) is 5.06. The SMILES string of the molecule is Cc1cccc(C)c1NC(=O)C[NH+]1CCN(C(=O)/C=C/c2ccc3c(c2)OCO3)CC1. The first kappa shape index (κ1) is 20.9. The van der Waals surface area contributed by atoms with Crippen LogP contribution < -0.4 is 19.7 Å². The van der Waals surface area contributed by atoms with Crippen LogP contribution >= 0.6 is 0 Å². The van der Waals surface area contributed by atoms with Gasteiger partial charge in [0, 0.05) is 11.8 Å². The molecule has 1 saturated heterocycles. The monoisotopic (exact) mass is 422 g/mol. The molecular weight excluding hydrogens is 394 g/mol. The highest BCUT2D eigenvalue weighted by Crippen LogP contribution is 2.32. The van der Waals surface area contributed by atoms with Crippen LogP contribution in [0.5, 0.6) is 11.5 Å². The third-order valence-electron chi connectivity index (χ3n) is 5.75. The van der Waals surface area contributed by atoms with Crippen LogP contribution in [0.3, 0.4) is 0 Å². The number of hydrogen-bond acceptors (Lipinski definition) is 4. The van der Waals surface area contributed by atoms with Gasteiger partial charge >= 0.3 is 0 Å². The zero-order chi connectivity index (χ0) is 21.8. The molecule has 1 fully saturated rings. The standard InChI is InChI=1S/C24H27N3O4/c1-17-4-3-5-18(2)24(17)25-22(28)15-26-10-12-27(13-11-26)23(29)9-7-19-6-8-20-21(14-19)31-16-30-20/h3-9,14H,10-13,15-16H2,1-2H3,(H,25,28)/p+1/b9-7+. The predicted octanol–water partition coefficient (Wildman–Crippen LogP) is 1.41. The molecule has 0 radical (unpaired) electrons. The summed E-state index contributed by atoms with van der Waals surface area (Å²) < 4.78 is 10.7. The number of carbonyl (C=O) groups is 2. The number of quaternary nitrogens is 1. The summed E-state index contributed by atoms with van der Waals surface area (Å²) in [4.78, 5) is 28.1. The van der Waals surface area contributed by atoms with Gasteiger partial charge in [-0.15, -0.1) is 0 Å². The summed E-state index contributed by atoms with van der Waals surface area (Å²) in [6.45, 7) is 7.41. The van der Waals surface area contributed by atoms with Gasteiger partial charge in [-0.1, -0.05) is 24.3 Å². The van der Waals surface area contributed by atoms with Crippen LogP contribution in [0.2, 0.25) is 0 Å². The third-order valence-corrected chi connectivity index (χ3v) is 5.75. The average Bonchev–Trinajstić information content (AvgIpc) is 3.23. The first-order chi connectivity index (χ1) is 15.0. The van der Waals surface area contributed by atoms with Gasteiger partial charge < -0.3 is 24.6 Å². The van der Waals surface area contributed by atoms with Crippen molar-refractivity contribution in [3.63, 3.8) is 0 Å². The summed E-state index contributed by atoms with van der Waals surface area (Å²) in [6, 6.07) is 11.6. The Morgan fingerprint density at radius 1 is 1.06 bits per heavy atom. The molecule has 7 nitrogen and oxygen atoms in total. The maximum absolute atomic E-state index is 12.5. The van der Waals surface area contributed by atoms with Crippen LogP contribution in [0.1, 0.15) is 16.7 Å². The number of nitrogens with zero attached hydrogens (tertiary/aromatic N) is 1. The largest absolute Gasteiger partial charge is 0.454 e. The van der Waals surface area contributed by atoms with Crippen molar-refractivity contribution in [2.75, 3.05) is 44.8 Å². The van der Waals surface area contributed by atoms with Crippen molar-refractivity contribution in [1.29, 1.82) is 0 Å². The zero-order valence-electron chi connectivity index (χ0n) is 17.9. The normalized spacial score (nSPS) is 16.0. The maximum atomic E-state index is 12.5. The number of carbonyl (C=O) groups excluding carboxylic acids is 2. The Morgan fingerprint density at radius 3 is 2.52 bits per heavy atom. The Kier molecular flexibility index (Phi) is 6.23. The van der Waals surface area contributed by atoms with Crippen LogP contribution in [-0.4, -0.2) is 56.2 Å². The van der Waals surface area contributed by atoms with E-state index in [2.05, 4.69) is 5.32 Å². The van der Waals surface area contributed by atoms with E-state index in [-0.39, 0.29) is 18.6 Å². The lowest BCUT2D eigenvalue weighted by atomic mass is 10.1. The number of nitrogens with one attached hydrogen (secondary N) is 2. The number of para-hydroxylation sites is 1. The van der Waals surface area contributed by atoms with Gasteiger partial charge in [0.25, 0.3) is 5.91 Å². The summed E-state index contributed by atoms with van der Waals surface area (Å²) in [5.74, 6) is 1.42. The second-order valence-electron chi connectivity index (χ2n) is 8.01. The second-order valence-corrected chi connectivity index (χ2v) is 8.01. The van der Waals surface area contributed by atoms with Gasteiger partial charge in [-0.05, 0) is 48.7 Å². The van der Waals surface area contributed by atoms with Crippen molar-refractivity contribution in [3.8, 4) is 11.5 Å². The van der Waals surface area contributed by atoms with Gasteiger partial charge in [0.15, 0.2) is 18.0 Å². The first-order valence-corrected chi connectivity index (χ1v) is 10.6. The maximum Gasteiger partial charge on any atom is 0.279 e. The highest BCUT2D eigenvalue weighted by molar-refractivity contribution is 5.93. The summed E-state index contributed by atoms with van der Waals surface area (Å²) in [7, 11) is 0. The number of benzene rings is 2. The van der Waals surface area contributed by atoms with Gasteiger partial charge in [0.1, 0.15) is 0 Å². The highest BCUT2D eigenvalue weighted by atomic mass is 16.7.